The number of halogens is 1. The van der Waals surface area contributed by atoms with Crippen molar-refractivity contribution < 1.29 is 4.52 Å². The van der Waals surface area contributed by atoms with Crippen LogP contribution in [0.3, 0.4) is 0 Å². The van der Waals surface area contributed by atoms with Crippen LogP contribution in [0.1, 0.15) is 42.6 Å². The zero-order chi connectivity index (χ0) is 12.4. The van der Waals surface area contributed by atoms with Crippen LogP contribution in [-0.2, 0) is 13.0 Å². The van der Waals surface area contributed by atoms with Crippen LogP contribution in [0, 0.1) is 0 Å². The molecule has 2 aromatic rings. The zero-order valence-electron chi connectivity index (χ0n) is 9.92. The van der Waals surface area contributed by atoms with Gasteiger partial charge in [0, 0.05) is 18.0 Å². The molecular formula is C11H14ClN5O. The minimum atomic E-state index is 0.487. The van der Waals surface area contributed by atoms with Crippen molar-refractivity contribution in [3.05, 3.63) is 23.6 Å². The predicted molar refractivity (Wildman–Crippen MR) is 64.4 cm³/mol. The first-order chi connectivity index (χ1) is 8.85. The summed E-state index contributed by atoms with van der Waals surface area (Å²) in [5, 5.41) is 12.1. The van der Waals surface area contributed by atoms with E-state index in [1.165, 1.54) is 0 Å². The maximum atomic E-state index is 5.64. The number of hydrogen-bond donors (Lipinski definition) is 0. The van der Waals surface area contributed by atoms with E-state index >= 15 is 0 Å². The fraction of sp³-hybridized carbons (Fsp3) is 0.636. The van der Waals surface area contributed by atoms with E-state index in [-0.39, 0.29) is 0 Å². The summed E-state index contributed by atoms with van der Waals surface area (Å²) in [6, 6.07) is 0. The Labute approximate surface area is 109 Å². The van der Waals surface area contributed by atoms with Crippen molar-refractivity contribution in [3.63, 3.8) is 0 Å². The molecule has 0 aromatic carbocycles. The lowest BCUT2D eigenvalue weighted by Gasteiger charge is -1.92. The summed E-state index contributed by atoms with van der Waals surface area (Å²) in [5.74, 6) is 2.54. The highest BCUT2D eigenvalue weighted by Gasteiger charge is 2.29. The number of rotatable bonds is 6. The zero-order valence-corrected chi connectivity index (χ0v) is 10.7. The molecule has 1 saturated carbocycles. The monoisotopic (exact) mass is 267 g/mol. The van der Waals surface area contributed by atoms with Gasteiger partial charge in [-0.2, -0.15) is 4.98 Å². The smallest absolute Gasteiger partial charge is 0.229 e. The van der Waals surface area contributed by atoms with Gasteiger partial charge in [-0.3, -0.25) is 0 Å². The summed E-state index contributed by atoms with van der Waals surface area (Å²) in [5.41, 5.74) is 0.946. The summed E-state index contributed by atoms with van der Waals surface area (Å²) < 4.78 is 6.92. The van der Waals surface area contributed by atoms with E-state index in [9.17, 15) is 0 Å². The van der Waals surface area contributed by atoms with E-state index < -0.39 is 0 Å². The molecule has 1 aliphatic carbocycles. The second-order valence-corrected chi connectivity index (χ2v) is 4.90. The van der Waals surface area contributed by atoms with E-state index in [0.717, 1.165) is 37.3 Å². The summed E-state index contributed by atoms with van der Waals surface area (Å²) in [7, 11) is 0. The first-order valence-corrected chi connectivity index (χ1v) is 6.66. The molecule has 7 heteroatoms. The molecule has 2 heterocycles. The lowest BCUT2D eigenvalue weighted by Crippen LogP contribution is -2.02. The van der Waals surface area contributed by atoms with Gasteiger partial charge in [0.15, 0.2) is 5.82 Å². The Morgan fingerprint density at radius 3 is 3.11 bits per heavy atom. The highest BCUT2D eigenvalue weighted by molar-refractivity contribution is 6.17. The van der Waals surface area contributed by atoms with Crippen molar-refractivity contribution in [2.75, 3.05) is 5.88 Å². The fourth-order valence-electron chi connectivity index (χ4n) is 1.75. The van der Waals surface area contributed by atoms with Gasteiger partial charge in [-0.05, 0) is 25.7 Å². The van der Waals surface area contributed by atoms with E-state index in [4.69, 9.17) is 16.1 Å². The molecule has 1 fully saturated rings. The molecule has 0 spiro atoms. The lowest BCUT2D eigenvalue weighted by atomic mass is 10.3. The Morgan fingerprint density at radius 2 is 2.33 bits per heavy atom. The number of aromatic nitrogens is 5. The van der Waals surface area contributed by atoms with Crippen LogP contribution >= 0.6 is 11.6 Å². The average molecular weight is 268 g/mol. The largest absolute Gasteiger partial charge is 0.339 e. The van der Waals surface area contributed by atoms with Gasteiger partial charge in [0.05, 0.1) is 5.69 Å². The maximum absolute atomic E-state index is 5.64. The first kappa shape index (κ1) is 11.6. The Bertz CT molecular complexity index is 519. The second-order valence-electron chi connectivity index (χ2n) is 4.52. The Kier molecular flexibility index (Phi) is 3.27. The number of alkyl halides is 1. The van der Waals surface area contributed by atoms with Crippen LogP contribution in [0.2, 0.25) is 0 Å². The lowest BCUT2D eigenvalue weighted by molar-refractivity contribution is 0.372. The van der Waals surface area contributed by atoms with Gasteiger partial charge in [0.1, 0.15) is 6.54 Å². The molecule has 0 radical (unpaired) electrons. The third-order valence-corrected chi connectivity index (χ3v) is 3.13. The molecule has 0 atom stereocenters. The van der Waals surface area contributed by atoms with Crippen molar-refractivity contribution in [3.8, 4) is 0 Å². The van der Waals surface area contributed by atoms with Crippen LogP contribution in [0.4, 0.5) is 0 Å². The van der Waals surface area contributed by atoms with Crippen LogP contribution in [0.15, 0.2) is 10.7 Å². The second kappa shape index (κ2) is 5.06. The molecule has 0 unspecified atom stereocenters. The topological polar surface area (TPSA) is 69.6 Å². The average Bonchev–Trinajstić information content (AvgIpc) is 2.96. The van der Waals surface area contributed by atoms with Gasteiger partial charge >= 0.3 is 0 Å². The quantitative estimate of drug-likeness (QED) is 0.746. The van der Waals surface area contributed by atoms with Crippen LogP contribution in [0.5, 0.6) is 0 Å². The Balaban J connectivity index is 1.62. The highest BCUT2D eigenvalue weighted by atomic mass is 35.5. The summed E-state index contributed by atoms with van der Waals surface area (Å²) >= 11 is 5.64. The molecule has 2 aromatic heterocycles. The van der Waals surface area contributed by atoms with Crippen LogP contribution in [-0.4, -0.2) is 31.0 Å². The minimum absolute atomic E-state index is 0.487. The van der Waals surface area contributed by atoms with Crippen molar-refractivity contribution in [1.82, 2.24) is 25.1 Å². The molecule has 18 heavy (non-hydrogen) atoms. The molecule has 3 rings (SSSR count). The van der Waals surface area contributed by atoms with Gasteiger partial charge < -0.3 is 4.52 Å². The molecule has 6 nitrogen and oxygen atoms in total. The first-order valence-electron chi connectivity index (χ1n) is 6.12. The maximum Gasteiger partial charge on any atom is 0.229 e. The van der Waals surface area contributed by atoms with Gasteiger partial charge in [-0.25, -0.2) is 4.68 Å². The van der Waals surface area contributed by atoms with E-state index in [2.05, 4.69) is 20.5 Å². The summed E-state index contributed by atoms with van der Waals surface area (Å²) in [4.78, 5) is 4.35. The molecule has 0 N–H and O–H groups in total. The molecule has 1 aliphatic rings. The van der Waals surface area contributed by atoms with Crippen molar-refractivity contribution >= 4 is 11.6 Å². The van der Waals surface area contributed by atoms with E-state index in [0.29, 0.717) is 24.2 Å². The van der Waals surface area contributed by atoms with E-state index in [1.807, 2.05) is 6.20 Å². The minimum Gasteiger partial charge on any atom is -0.339 e. The highest BCUT2D eigenvalue weighted by Crippen LogP contribution is 2.38. The SMILES string of the molecule is ClCCCc1cn(Cc2noc(C3CC3)n2)nn1. The number of nitrogens with zero attached hydrogens (tertiary/aromatic N) is 5. The van der Waals surface area contributed by atoms with Crippen molar-refractivity contribution in [1.29, 1.82) is 0 Å². The molecule has 0 bridgehead atoms. The molecule has 96 valence electrons. The van der Waals surface area contributed by atoms with Gasteiger partial charge in [0.25, 0.3) is 0 Å². The fourth-order valence-corrected chi connectivity index (χ4v) is 1.88. The summed E-state index contributed by atoms with van der Waals surface area (Å²) in [6.45, 7) is 0.504. The van der Waals surface area contributed by atoms with Crippen LogP contribution in [0.25, 0.3) is 0 Å². The predicted octanol–water partition coefficient (Wildman–Crippen LogP) is 1.76. The van der Waals surface area contributed by atoms with Crippen LogP contribution < -0.4 is 0 Å². The third kappa shape index (κ3) is 2.69. The van der Waals surface area contributed by atoms with E-state index in [1.54, 1.807) is 4.68 Å². The molecule has 0 saturated heterocycles. The standard InChI is InChI=1S/C11H14ClN5O/c12-5-1-2-9-6-17(16-14-9)7-10-13-11(18-15-10)8-3-4-8/h6,8H,1-5,7H2. The summed E-state index contributed by atoms with van der Waals surface area (Å²) in [6.07, 6.45) is 5.98. The number of aryl methyl sites for hydroxylation is 1. The third-order valence-electron chi connectivity index (χ3n) is 2.87. The molecular weight excluding hydrogens is 254 g/mol. The van der Waals surface area contributed by atoms with Crippen molar-refractivity contribution in [2.24, 2.45) is 0 Å². The normalized spacial score (nSPS) is 15.2. The molecule has 0 aliphatic heterocycles. The van der Waals surface area contributed by atoms with Gasteiger partial charge in [-0.1, -0.05) is 10.4 Å². The Morgan fingerprint density at radius 1 is 1.44 bits per heavy atom. The molecule has 0 amide bonds. The Hall–Kier alpha value is -1.43. The number of hydrogen-bond acceptors (Lipinski definition) is 5. The van der Waals surface area contributed by atoms with Gasteiger partial charge in [0.2, 0.25) is 5.89 Å². The van der Waals surface area contributed by atoms with Gasteiger partial charge in [-0.15, -0.1) is 16.7 Å². The van der Waals surface area contributed by atoms with Crippen molar-refractivity contribution in [2.45, 2.75) is 38.1 Å².